The molecule has 8 nitrogen and oxygen atoms in total. The first kappa shape index (κ1) is 22.6. The second-order valence-electron chi connectivity index (χ2n) is 9.26. The van der Waals surface area contributed by atoms with Crippen LogP contribution < -0.4 is 15.1 Å². The van der Waals surface area contributed by atoms with Gasteiger partial charge in [-0.05, 0) is 63.4 Å². The van der Waals surface area contributed by atoms with Gasteiger partial charge in [-0.3, -0.25) is 24.2 Å². The highest BCUT2D eigenvalue weighted by Crippen LogP contribution is 2.40. The van der Waals surface area contributed by atoms with Crippen molar-refractivity contribution in [3.8, 4) is 0 Å². The van der Waals surface area contributed by atoms with E-state index in [2.05, 4.69) is 22.0 Å². The number of carbonyl (C=O) groups is 3. The van der Waals surface area contributed by atoms with Gasteiger partial charge in [-0.1, -0.05) is 6.92 Å². The zero-order valence-corrected chi connectivity index (χ0v) is 19.5. The van der Waals surface area contributed by atoms with Crippen molar-refractivity contribution in [1.82, 2.24) is 15.1 Å². The number of anilines is 2. The first-order chi connectivity index (χ1) is 15.4. The highest BCUT2D eigenvalue weighted by atomic mass is 16.2. The molecular weight excluding hydrogens is 406 g/mol. The number of hydrogen-bond acceptors (Lipinski definition) is 5. The first-order valence-corrected chi connectivity index (χ1v) is 11.8. The average molecular weight is 442 g/mol. The molecule has 0 saturated carbocycles. The predicted octanol–water partition coefficient (Wildman–Crippen LogP) is 1.69. The van der Waals surface area contributed by atoms with Crippen LogP contribution >= 0.6 is 0 Å². The molecule has 2 fully saturated rings. The minimum Gasteiger partial charge on any atom is -0.358 e. The van der Waals surface area contributed by atoms with E-state index in [-0.39, 0.29) is 30.3 Å². The van der Waals surface area contributed by atoms with Crippen LogP contribution in [0.4, 0.5) is 11.4 Å². The van der Waals surface area contributed by atoms with E-state index in [0.29, 0.717) is 23.8 Å². The third-order valence-corrected chi connectivity index (χ3v) is 7.02. The molecule has 0 aromatic heterocycles. The standard InChI is InChI=1S/C24H35N5O3/c1-4-27-12-7-8-18(27)15-25-22(30)16-29-21-14-17(23(31)26(2)3)10-11-19(21)28-13-6-5-9-20(28)24(29)32/h10-11,14,18,20H,4-9,12-13,15-16H2,1-3H3,(H,25,30)/t18-,20-/m1/s1. The zero-order valence-electron chi connectivity index (χ0n) is 19.5. The van der Waals surface area contributed by atoms with Gasteiger partial charge >= 0.3 is 0 Å². The smallest absolute Gasteiger partial charge is 0.253 e. The number of carbonyl (C=O) groups excluding carboxylic acids is 3. The van der Waals surface area contributed by atoms with E-state index in [1.54, 1.807) is 25.1 Å². The maximum atomic E-state index is 13.4. The number of fused-ring (bicyclic) bond motifs is 3. The Balaban J connectivity index is 1.56. The SMILES string of the molecule is CCN1CCC[C@@H]1CNC(=O)CN1C(=O)[C@H]2CCCCN2c2ccc(C(=O)N(C)C)cc21. The summed E-state index contributed by atoms with van der Waals surface area (Å²) in [6, 6.07) is 5.65. The number of nitrogens with zero attached hydrogens (tertiary/aromatic N) is 4. The summed E-state index contributed by atoms with van der Waals surface area (Å²) in [7, 11) is 3.42. The Labute approximate surface area is 190 Å². The molecule has 1 N–H and O–H groups in total. The van der Waals surface area contributed by atoms with Gasteiger partial charge in [0.25, 0.3) is 5.91 Å². The molecule has 4 rings (SSSR count). The topological polar surface area (TPSA) is 76.2 Å². The number of likely N-dealkylation sites (N-methyl/N-ethyl adjacent to an activating group) is 1. The van der Waals surface area contributed by atoms with Crippen LogP contribution in [-0.2, 0) is 9.59 Å². The second kappa shape index (κ2) is 9.48. The largest absolute Gasteiger partial charge is 0.358 e. The van der Waals surface area contributed by atoms with Gasteiger partial charge in [0.05, 0.1) is 11.4 Å². The summed E-state index contributed by atoms with van der Waals surface area (Å²) in [6.07, 6.45) is 5.09. The summed E-state index contributed by atoms with van der Waals surface area (Å²) >= 11 is 0. The van der Waals surface area contributed by atoms with E-state index < -0.39 is 0 Å². The first-order valence-electron chi connectivity index (χ1n) is 11.8. The summed E-state index contributed by atoms with van der Waals surface area (Å²) in [4.78, 5) is 46.5. The fraction of sp³-hybridized carbons (Fsp3) is 0.625. The number of nitrogens with one attached hydrogen (secondary N) is 1. The van der Waals surface area contributed by atoms with Gasteiger partial charge in [0.15, 0.2) is 0 Å². The van der Waals surface area contributed by atoms with Crippen LogP contribution in [0.2, 0.25) is 0 Å². The van der Waals surface area contributed by atoms with Crippen LogP contribution in [0.5, 0.6) is 0 Å². The average Bonchev–Trinajstić information content (AvgIpc) is 3.27. The Morgan fingerprint density at radius 2 is 1.91 bits per heavy atom. The molecular formula is C24H35N5O3. The Bertz CT molecular complexity index is 886. The van der Waals surface area contributed by atoms with Gasteiger partial charge in [0, 0.05) is 38.8 Å². The lowest BCUT2D eigenvalue weighted by atomic mass is 9.95. The molecule has 2 atom stereocenters. The molecule has 0 unspecified atom stereocenters. The molecule has 1 aromatic rings. The Morgan fingerprint density at radius 1 is 1.09 bits per heavy atom. The van der Waals surface area contributed by atoms with Crippen molar-refractivity contribution in [1.29, 1.82) is 0 Å². The molecule has 8 heteroatoms. The maximum Gasteiger partial charge on any atom is 0.253 e. The lowest BCUT2D eigenvalue weighted by Crippen LogP contribution is -2.57. The molecule has 0 bridgehead atoms. The van der Waals surface area contributed by atoms with Crippen LogP contribution in [0.25, 0.3) is 0 Å². The van der Waals surface area contributed by atoms with Gasteiger partial charge in [0.1, 0.15) is 12.6 Å². The predicted molar refractivity (Wildman–Crippen MR) is 125 cm³/mol. The minimum atomic E-state index is -0.232. The molecule has 2 saturated heterocycles. The number of likely N-dealkylation sites (tertiary alicyclic amines) is 1. The number of hydrogen-bond donors (Lipinski definition) is 1. The van der Waals surface area contributed by atoms with E-state index >= 15 is 0 Å². The zero-order chi connectivity index (χ0) is 22.8. The van der Waals surface area contributed by atoms with Gasteiger partial charge in [-0.25, -0.2) is 0 Å². The Morgan fingerprint density at radius 3 is 2.66 bits per heavy atom. The van der Waals surface area contributed by atoms with E-state index in [1.807, 2.05) is 12.1 Å². The monoisotopic (exact) mass is 441 g/mol. The van der Waals surface area contributed by atoms with E-state index in [9.17, 15) is 14.4 Å². The fourth-order valence-corrected chi connectivity index (χ4v) is 5.29. The van der Waals surface area contributed by atoms with Crippen LogP contribution in [0.15, 0.2) is 18.2 Å². The summed E-state index contributed by atoms with van der Waals surface area (Å²) < 4.78 is 0. The highest BCUT2D eigenvalue weighted by Gasteiger charge is 2.40. The molecule has 0 radical (unpaired) electrons. The Kier molecular flexibility index (Phi) is 6.69. The molecule has 3 amide bonds. The minimum absolute atomic E-state index is 0.0192. The van der Waals surface area contributed by atoms with Crippen LogP contribution in [0.1, 0.15) is 49.4 Å². The summed E-state index contributed by atoms with van der Waals surface area (Å²) in [5.41, 5.74) is 2.12. The van der Waals surface area contributed by atoms with Crippen LogP contribution in [-0.4, -0.2) is 86.4 Å². The molecule has 3 aliphatic heterocycles. The van der Waals surface area contributed by atoms with Crippen molar-refractivity contribution in [3.05, 3.63) is 23.8 Å². The second-order valence-corrected chi connectivity index (χ2v) is 9.26. The Hall–Kier alpha value is -2.61. The lowest BCUT2D eigenvalue weighted by molar-refractivity contribution is -0.125. The van der Waals surface area contributed by atoms with Crippen molar-refractivity contribution in [3.63, 3.8) is 0 Å². The van der Waals surface area contributed by atoms with E-state index in [4.69, 9.17) is 0 Å². The number of benzene rings is 1. The molecule has 32 heavy (non-hydrogen) atoms. The number of amides is 3. The summed E-state index contributed by atoms with van der Waals surface area (Å²) in [5.74, 6) is -0.315. The van der Waals surface area contributed by atoms with Crippen LogP contribution in [0.3, 0.4) is 0 Å². The fourth-order valence-electron chi connectivity index (χ4n) is 5.29. The molecule has 0 spiro atoms. The highest BCUT2D eigenvalue weighted by molar-refractivity contribution is 6.09. The van der Waals surface area contributed by atoms with Gasteiger partial charge in [-0.15, -0.1) is 0 Å². The number of rotatable bonds is 6. The van der Waals surface area contributed by atoms with E-state index in [1.165, 1.54) is 4.90 Å². The quantitative estimate of drug-likeness (QED) is 0.727. The summed E-state index contributed by atoms with van der Waals surface area (Å²) in [5, 5.41) is 3.05. The van der Waals surface area contributed by atoms with E-state index in [0.717, 1.165) is 57.4 Å². The molecule has 1 aromatic carbocycles. The number of piperidine rings is 1. The third kappa shape index (κ3) is 4.33. The summed E-state index contributed by atoms with van der Waals surface area (Å²) in [6.45, 7) is 5.61. The van der Waals surface area contributed by atoms with Gasteiger partial charge in [-0.2, -0.15) is 0 Å². The van der Waals surface area contributed by atoms with Crippen molar-refractivity contribution >= 4 is 29.1 Å². The van der Waals surface area contributed by atoms with Gasteiger partial charge < -0.3 is 15.1 Å². The molecule has 3 heterocycles. The lowest BCUT2D eigenvalue weighted by Gasteiger charge is -2.45. The molecule has 174 valence electrons. The third-order valence-electron chi connectivity index (χ3n) is 7.02. The van der Waals surface area contributed by atoms with Crippen LogP contribution in [0, 0.1) is 0 Å². The van der Waals surface area contributed by atoms with Crippen molar-refractivity contribution in [2.75, 3.05) is 56.6 Å². The normalized spacial score (nSPS) is 23.0. The van der Waals surface area contributed by atoms with Crippen molar-refractivity contribution < 1.29 is 14.4 Å². The molecule has 0 aliphatic carbocycles. The maximum absolute atomic E-state index is 13.4. The van der Waals surface area contributed by atoms with Gasteiger partial charge in [0.2, 0.25) is 11.8 Å². The molecule has 3 aliphatic rings. The van der Waals surface area contributed by atoms with Crippen molar-refractivity contribution in [2.45, 2.75) is 51.1 Å². The van der Waals surface area contributed by atoms with Crippen molar-refractivity contribution in [2.24, 2.45) is 0 Å².